The van der Waals surface area contributed by atoms with E-state index in [4.69, 9.17) is 9.15 Å². The number of hydrogen-bond donors (Lipinski definition) is 1. The van der Waals surface area contributed by atoms with Crippen LogP contribution in [0.3, 0.4) is 0 Å². The van der Waals surface area contributed by atoms with Gasteiger partial charge in [0.25, 0.3) is 0 Å². The molecule has 0 radical (unpaired) electrons. The van der Waals surface area contributed by atoms with Crippen LogP contribution in [-0.4, -0.2) is 13.7 Å². The molecule has 0 aliphatic carbocycles. The van der Waals surface area contributed by atoms with Crippen LogP contribution in [-0.2, 0) is 17.9 Å². The van der Waals surface area contributed by atoms with Gasteiger partial charge in [-0.1, -0.05) is 24.3 Å². The van der Waals surface area contributed by atoms with Gasteiger partial charge in [-0.05, 0) is 19.5 Å². The van der Waals surface area contributed by atoms with Crippen LogP contribution in [0, 0.1) is 0 Å². The number of nitrogens with one attached hydrogen (secondary N) is 1. The SMILES string of the molecule is C=CCCOCc1c(CNC)oc2ccccc12. The molecule has 0 bridgehead atoms. The summed E-state index contributed by atoms with van der Waals surface area (Å²) in [6.45, 7) is 5.68. The summed E-state index contributed by atoms with van der Waals surface area (Å²) in [5.41, 5.74) is 2.06. The average Bonchev–Trinajstić information content (AvgIpc) is 2.73. The average molecular weight is 245 g/mol. The maximum atomic E-state index is 5.83. The molecule has 2 aromatic rings. The van der Waals surface area contributed by atoms with Crippen LogP contribution in [0.5, 0.6) is 0 Å². The molecule has 0 fully saturated rings. The third-order valence-corrected chi connectivity index (χ3v) is 2.83. The standard InChI is InChI=1S/C15H19NO2/c1-3-4-9-17-11-13-12-7-5-6-8-14(12)18-15(13)10-16-2/h3,5-8,16H,1,4,9-11H2,2H3. The summed E-state index contributed by atoms with van der Waals surface area (Å²) < 4.78 is 11.5. The number of furan rings is 1. The fourth-order valence-electron chi connectivity index (χ4n) is 1.95. The highest BCUT2D eigenvalue weighted by atomic mass is 16.5. The highest BCUT2D eigenvalue weighted by molar-refractivity contribution is 5.82. The van der Waals surface area contributed by atoms with Gasteiger partial charge in [0.2, 0.25) is 0 Å². The Morgan fingerprint density at radius 2 is 2.22 bits per heavy atom. The molecular formula is C15H19NO2. The van der Waals surface area contributed by atoms with Crippen molar-refractivity contribution in [1.82, 2.24) is 5.32 Å². The number of benzene rings is 1. The summed E-state index contributed by atoms with van der Waals surface area (Å²) in [5, 5.41) is 4.26. The zero-order valence-electron chi connectivity index (χ0n) is 10.7. The molecule has 0 spiro atoms. The van der Waals surface area contributed by atoms with Crippen molar-refractivity contribution >= 4 is 11.0 Å². The van der Waals surface area contributed by atoms with E-state index in [9.17, 15) is 0 Å². The summed E-state index contributed by atoms with van der Waals surface area (Å²) in [5.74, 6) is 0.956. The largest absolute Gasteiger partial charge is 0.459 e. The van der Waals surface area contributed by atoms with Gasteiger partial charge in [0.1, 0.15) is 11.3 Å². The molecule has 96 valence electrons. The minimum Gasteiger partial charge on any atom is -0.459 e. The van der Waals surface area contributed by atoms with Gasteiger partial charge in [-0.2, -0.15) is 0 Å². The summed E-state index contributed by atoms with van der Waals surface area (Å²) in [6, 6.07) is 8.07. The molecule has 0 aliphatic heterocycles. The Morgan fingerprint density at radius 3 is 3.00 bits per heavy atom. The van der Waals surface area contributed by atoms with E-state index in [1.54, 1.807) is 0 Å². The Morgan fingerprint density at radius 1 is 1.39 bits per heavy atom. The molecular weight excluding hydrogens is 226 g/mol. The second-order valence-corrected chi connectivity index (χ2v) is 4.16. The highest BCUT2D eigenvalue weighted by Gasteiger charge is 2.12. The second-order valence-electron chi connectivity index (χ2n) is 4.16. The van der Waals surface area contributed by atoms with Gasteiger partial charge in [0.05, 0.1) is 19.8 Å². The van der Waals surface area contributed by atoms with Crippen molar-refractivity contribution in [3.63, 3.8) is 0 Å². The minimum absolute atomic E-state index is 0.585. The van der Waals surface area contributed by atoms with Gasteiger partial charge in [-0.15, -0.1) is 6.58 Å². The normalized spacial score (nSPS) is 10.9. The highest BCUT2D eigenvalue weighted by Crippen LogP contribution is 2.26. The Labute approximate surface area is 107 Å². The van der Waals surface area contributed by atoms with Gasteiger partial charge in [-0.3, -0.25) is 0 Å². The molecule has 1 aromatic heterocycles. The van der Waals surface area contributed by atoms with Gasteiger partial charge in [0, 0.05) is 10.9 Å². The maximum absolute atomic E-state index is 5.83. The number of hydrogen-bond acceptors (Lipinski definition) is 3. The van der Waals surface area contributed by atoms with Crippen molar-refractivity contribution in [3.05, 3.63) is 48.2 Å². The zero-order valence-corrected chi connectivity index (χ0v) is 10.7. The van der Waals surface area contributed by atoms with Crippen LogP contribution in [0.4, 0.5) is 0 Å². The lowest BCUT2D eigenvalue weighted by Gasteiger charge is -2.04. The molecule has 2 rings (SSSR count). The summed E-state index contributed by atoms with van der Waals surface area (Å²) in [6.07, 6.45) is 2.74. The molecule has 1 heterocycles. The Bertz CT molecular complexity index is 516. The predicted molar refractivity (Wildman–Crippen MR) is 73.4 cm³/mol. The number of para-hydroxylation sites is 1. The first kappa shape index (κ1) is 12.9. The molecule has 0 atom stereocenters. The molecule has 3 nitrogen and oxygen atoms in total. The van der Waals surface area contributed by atoms with Crippen molar-refractivity contribution in [2.24, 2.45) is 0 Å². The van der Waals surface area contributed by atoms with E-state index in [0.717, 1.165) is 35.3 Å². The summed E-state index contributed by atoms with van der Waals surface area (Å²) >= 11 is 0. The van der Waals surface area contributed by atoms with Gasteiger partial charge in [0.15, 0.2) is 0 Å². The van der Waals surface area contributed by atoms with Gasteiger partial charge in [-0.25, -0.2) is 0 Å². The van der Waals surface area contributed by atoms with E-state index >= 15 is 0 Å². The smallest absolute Gasteiger partial charge is 0.134 e. The van der Waals surface area contributed by atoms with E-state index < -0.39 is 0 Å². The Hall–Kier alpha value is -1.58. The lowest BCUT2D eigenvalue weighted by molar-refractivity contribution is 0.124. The molecule has 3 heteroatoms. The second kappa shape index (κ2) is 6.38. The molecule has 18 heavy (non-hydrogen) atoms. The Balaban J connectivity index is 2.21. The van der Waals surface area contributed by atoms with E-state index in [2.05, 4.69) is 18.0 Å². The van der Waals surface area contributed by atoms with E-state index in [1.165, 1.54) is 0 Å². The first-order valence-corrected chi connectivity index (χ1v) is 6.19. The molecule has 0 unspecified atom stereocenters. The van der Waals surface area contributed by atoms with Gasteiger partial charge < -0.3 is 14.5 Å². The zero-order chi connectivity index (χ0) is 12.8. The van der Waals surface area contributed by atoms with Crippen molar-refractivity contribution in [2.45, 2.75) is 19.6 Å². The van der Waals surface area contributed by atoms with Crippen molar-refractivity contribution in [3.8, 4) is 0 Å². The first-order valence-electron chi connectivity index (χ1n) is 6.19. The molecule has 0 aliphatic rings. The minimum atomic E-state index is 0.585. The first-order chi connectivity index (χ1) is 8.86. The molecule has 1 N–H and O–H groups in total. The molecule has 1 aromatic carbocycles. The van der Waals surface area contributed by atoms with E-state index in [0.29, 0.717) is 13.2 Å². The fraction of sp³-hybridized carbons (Fsp3) is 0.333. The maximum Gasteiger partial charge on any atom is 0.134 e. The van der Waals surface area contributed by atoms with Crippen LogP contribution in [0.1, 0.15) is 17.7 Å². The van der Waals surface area contributed by atoms with E-state index in [-0.39, 0.29) is 0 Å². The fourth-order valence-corrected chi connectivity index (χ4v) is 1.95. The molecule has 0 saturated carbocycles. The number of rotatable bonds is 7. The van der Waals surface area contributed by atoms with E-state index in [1.807, 2.05) is 31.3 Å². The third kappa shape index (κ3) is 2.81. The topological polar surface area (TPSA) is 34.4 Å². The van der Waals surface area contributed by atoms with Gasteiger partial charge >= 0.3 is 0 Å². The summed E-state index contributed by atoms with van der Waals surface area (Å²) in [7, 11) is 1.91. The van der Waals surface area contributed by atoms with Crippen LogP contribution < -0.4 is 5.32 Å². The van der Waals surface area contributed by atoms with Crippen molar-refractivity contribution in [1.29, 1.82) is 0 Å². The number of ether oxygens (including phenoxy) is 1. The summed E-state index contributed by atoms with van der Waals surface area (Å²) in [4.78, 5) is 0. The third-order valence-electron chi connectivity index (χ3n) is 2.83. The van der Waals surface area contributed by atoms with Crippen LogP contribution >= 0.6 is 0 Å². The monoisotopic (exact) mass is 245 g/mol. The van der Waals surface area contributed by atoms with Crippen LogP contribution in [0.15, 0.2) is 41.3 Å². The lowest BCUT2D eigenvalue weighted by atomic mass is 10.1. The molecule has 0 saturated heterocycles. The van der Waals surface area contributed by atoms with Crippen LogP contribution in [0.2, 0.25) is 0 Å². The van der Waals surface area contributed by atoms with Crippen molar-refractivity contribution in [2.75, 3.05) is 13.7 Å². The quantitative estimate of drug-likeness (QED) is 0.600. The van der Waals surface area contributed by atoms with Crippen LogP contribution in [0.25, 0.3) is 11.0 Å². The Kier molecular flexibility index (Phi) is 4.56. The number of fused-ring (bicyclic) bond motifs is 1. The van der Waals surface area contributed by atoms with Crippen molar-refractivity contribution < 1.29 is 9.15 Å². The predicted octanol–water partition coefficient (Wildman–Crippen LogP) is 3.24. The lowest BCUT2D eigenvalue weighted by Crippen LogP contribution is -2.07. The molecule has 0 amide bonds.